The summed E-state index contributed by atoms with van der Waals surface area (Å²) in [7, 11) is 0. The average Bonchev–Trinajstić information content (AvgIpc) is 2.72. The molecule has 0 saturated heterocycles. The van der Waals surface area contributed by atoms with E-state index < -0.39 is 5.97 Å². The smallest absolute Gasteiger partial charge is 0.303 e. The van der Waals surface area contributed by atoms with E-state index in [0.29, 0.717) is 6.54 Å². The van der Waals surface area contributed by atoms with Crippen molar-refractivity contribution in [3.63, 3.8) is 0 Å². The van der Waals surface area contributed by atoms with Gasteiger partial charge in [0.15, 0.2) is 11.5 Å². The Labute approximate surface area is 99.3 Å². The van der Waals surface area contributed by atoms with Gasteiger partial charge >= 0.3 is 5.97 Å². The Kier molecular flexibility index (Phi) is 3.37. The first kappa shape index (κ1) is 11.6. The van der Waals surface area contributed by atoms with Gasteiger partial charge in [-0.05, 0) is 18.1 Å². The lowest BCUT2D eigenvalue weighted by Crippen LogP contribution is -2.14. The average molecular weight is 237 g/mol. The fourth-order valence-corrected chi connectivity index (χ4v) is 1.67. The summed E-state index contributed by atoms with van der Waals surface area (Å²) in [6.07, 6.45) is 0.164. The van der Waals surface area contributed by atoms with Crippen LogP contribution in [0.4, 0.5) is 5.69 Å². The Hall–Kier alpha value is -1.91. The molecule has 2 N–H and O–H groups in total. The molecule has 1 aliphatic heterocycles. The summed E-state index contributed by atoms with van der Waals surface area (Å²) < 4.78 is 10.5. The van der Waals surface area contributed by atoms with Crippen molar-refractivity contribution in [1.29, 1.82) is 0 Å². The van der Waals surface area contributed by atoms with Crippen LogP contribution in [0.15, 0.2) is 18.2 Å². The lowest BCUT2D eigenvalue weighted by Gasteiger charge is -2.11. The van der Waals surface area contributed by atoms with Crippen molar-refractivity contribution < 1.29 is 19.4 Å². The highest BCUT2D eigenvalue weighted by molar-refractivity contribution is 5.67. The molecule has 17 heavy (non-hydrogen) atoms. The third-order valence-electron chi connectivity index (χ3n) is 2.55. The van der Waals surface area contributed by atoms with E-state index in [2.05, 4.69) is 5.32 Å². The Morgan fingerprint density at radius 1 is 1.47 bits per heavy atom. The molecule has 1 heterocycles. The van der Waals surface area contributed by atoms with E-state index in [1.807, 2.05) is 25.1 Å². The molecule has 0 fully saturated rings. The number of carboxylic acids is 1. The molecule has 5 nitrogen and oxygen atoms in total. The molecule has 1 atom stereocenters. The minimum atomic E-state index is -0.773. The Morgan fingerprint density at radius 3 is 3.00 bits per heavy atom. The number of carbonyl (C=O) groups is 1. The van der Waals surface area contributed by atoms with E-state index in [1.54, 1.807) is 0 Å². The first-order chi connectivity index (χ1) is 8.15. The van der Waals surface area contributed by atoms with E-state index in [4.69, 9.17) is 14.6 Å². The number of aliphatic carboxylic acids is 1. The number of fused-ring (bicyclic) bond motifs is 1. The number of hydrogen-bond acceptors (Lipinski definition) is 4. The van der Waals surface area contributed by atoms with Crippen molar-refractivity contribution in [1.82, 2.24) is 0 Å². The fourth-order valence-electron chi connectivity index (χ4n) is 1.67. The zero-order valence-electron chi connectivity index (χ0n) is 9.60. The molecule has 0 aliphatic carbocycles. The monoisotopic (exact) mass is 237 g/mol. The van der Waals surface area contributed by atoms with Crippen LogP contribution in [0.3, 0.4) is 0 Å². The van der Waals surface area contributed by atoms with Gasteiger partial charge in [-0.15, -0.1) is 0 Å². The molecular weight excluding hydrogens is 222 g/mol. The topological polar surface area (TPSA) is 67.8 Å². The van der Waals surface area contributed by atoms with Gasteiger partial charge < -0.3 is 19.9 Å². The number of nitrogens with one attached hydrogen (secondary N) is 1. The second kappa shape index (κ2) is 4.95. The van der Waals surface area contributed by atoms with Crippen LogP contribution in [0.25, 0.3) is 0 Å². The number of hydrogen-bond donors (Lipinski definition) is 2. The molecule has 0 aromatic heterocycles. The van der Waals surface area contributed by atoms with Crippen molar-refractivity contribution >= 4 is 11.7 Å². The predicted octanol–water partition coefficient (Wildman–Crippen LogP) is 1.94. The van der Waals surface area contributed by atoms with Crippen LogP contribution in [-0.4, -0.2) is 24.4 Å². The fraction of sp³-hybridized carbons (Fsp3) is 0.417. The number of anilines is 1. The standard InChI is InChI=1S/C12H15NO4/c1-8(4-12(14)15)6-13-9-2-3-10-11(5-9)17-7-16-10/h2-3,5,8,13H,4,6-7H2,1H3,(H,14,15). The SMILES string of the molecule is CC(CNc1ccc2c(c1)OCO2)CC(=O)O. The second-order valence-electron chi connectivity index (χ2n) is 4.15. The molecule has 0 bridgehead atoms. The van der Waals surface area contributed by atoms with Crippen LogP contribution >= 0.6 is 0 Å². The maximum absolute atomic E-state index is 10.5. The number of carboxylic acid groups (broad SMARTS) is 1. The normalized spacial score (nSPS) is 14.4. The Bertz CT molecular complexity index is 419. The molecule has 2 rings (SSSR count). The van der Waals surface area contributed by atoms with E-state index in [-0.39, 0.29) is 19.1 Å². The van der Waals surface area contributed by atoms with E-state index in [1.165, 1.54) is 0 Å². The van der Waals surface area contributed by atoms with Gasteiger partial charge in [0.05, 0.1) is 0 Å². The molecule has 92 valence electrons. The van der Waals surface area contributed by atoms with Gasteiger partial charge in [0, 0.05) is 24.7 Å². The van der Waals surface area contributed by atoms with Crippen LogP contribution in [-0.2, 0) is 4.79 Å². The number of ether oxygens (including phenoxy) is 2. The van der Waals surface area contributed by atoms with Gasteiger partial charge in [-0.25, -0.2) is 0 Å². The van der Waals surface area contributed by atoms with Crippen molar-refractivity contribution in [2.45, 2.75) is 13.3 Å². The molecule has 1 unspecified atom stereocenters. The van der Waals surface area contributed by atoms with E-state index >= 15 is 0 Å². The van der Waals surface area contributed by atoms with Crippen molar-refractivity contribution in [3.8, 4) is 11.5 Å². The van der Waals surface area contributed by atoms with Crippen LogP contribution in [0.2, 0.25) is 0 Å². The lowest BCUT2D eigenvalue weighted by molar-refractivity contribution is -0.137. The summed E-state index contributed by atoms with van der Waals surface area (Å²) in [6, 6.07) is 5.59. The molecule has 1 aliphatic rings. The predicted molar refractivity (Wildman–Crippen MR) is 62.5 cm³/mol. The summed E-state index contributed by atoms with van der Waals surface area (Å²) in [4.78, 5) is 10.5. The van der Waals surface area contributed by atoms with Gasteiger partial charge in [-0.1, -0.05) is 6.92 Å². The zero-order chi connectivity index (χ0) is 12.3. The highest BCUT2D eigenvalue weighted by Gasteiger charge is 2.13. The van der Waals surface area contributed by atoms with Crippen LogP contribution < -0.4 is 14.8 Å². The van der Waals surface area contributed by atoms with Gasteiger partial charge in [-0.2, -0.15) is 0 Å². The third-order valence-corrected chi connectivity index (χ3v) is 2.55. The van der Waals surface area contributed by atoms with Gasteiger partial charge in [0.25, 0.3) is 0 Å². The minimum absolute atomic E-state index is 0.0814. The molecule has 1 aromatic rings. The van der Waals surface area contributed by atoms with Crippen LogP contribution in [0, 0.1) is 5.92 Å². The quantitative estimate of drug-likeness (QED) is 0.819. The highest BCUT2D eigenvalue weighted by Crippen LogP contribution is 2.34. The highest BCUT2D eigenvalue weighted by atomic mass is 16.7. The van der Waals surface area contributed by atoms with E-state index in [0.717, 1.165) is 17.2 Å². The second-order valence-corrected chi connectivity index (χ2v) is 4.15. The van der Waals surface area contributed by atoms with Gasteiger partial charge in [-0.3, -0.25) is 4.79 Å². The molecule has 0 spiro atoms. The van der Waals surface area contributed by atoms with Crippen LogP contribution in [0.5, 0.6) is 11.5 Å². The van der Waals surface area contributed by atoms with Gasteiger partial charge in [0.1, 0.15) is 0 Å². The molecular formula is C12H15NO4. The van der Waals surface area contributed by atoms with E-state index in [9.17, 15) is 4.79 Å². The Balaban J connectivity index is 1.89. The summed E-state index contributed by atoms with van der Waals surface area (Å²) in [5.74, 6) is 0.776. The van der Waals surface area contributed by atoms with Crippen molar-refractivity contribution in [3.05, 3.63) is 18.2 Å². The maximum atomic E-state index is 10.5. The first-order valence-corrected chi connectivity index (χ1v) is 5.50. The molecule has 0 amide bonds. The third kappa shape index (κ3) is 3.03. The number of rotatable bonds is 5. The lowest BCUT2D eigenvalue weighted by atomic mass is 10.1. The summed E-state index contributed by atoms with van der Waals surface area (Å²) in [5.41, 5.74) is 0.909. The van der Waals surface area contributed by atoms with Crippen molar-refractivity contribution in [2.75, 3.05) is 18.7 Å². The first-order valence-electron chi connectivity index (χ1n) is 5.50. The zero-order valence-corrected chi connectivity index (χ0v) is 9.60. The molecule has 1 aromatic carbocycles. The number of benzene rings is 1. The summed E-state index contributed by atoms with van der Waals surface area (Å²) >= 11 is 0. The van der Waals surface area contributed by atoms with Gasteiger partial charge in [0.2, 0.25) is 6.79 Å². The molecule has 5 heteroatoms. The summed E-state index contributed by atoms with van der Waals surface area (Å²) in [6.45, 7) is 2.77. The minimum Gasteiger partial charge on any atom is -0.481 e. The largest absolute Gasteiger partial charge is 0.481 e. The molecule has 0 saturated carbocycles. The van der Waals surface area contributed by atoms with Crippen LogP contribution in [0.1, 0.15) is 13.3 Å². The maximum Gasteiger partial charge on any atom is 0.303 e. The Morgan fingerprint density at radius 2 is 2.24 bits per heavy atom. The molecule has 0 radical (unpaired) electrons. The summed E-state index contributed by atoms with van der Waals surface area (Å²) in [5, 5.41) is 11.8. The van der Waals surface area contributed by atoms with Crippen molar-refractivity contribution in [2.24, 2.45) is 5.92 Å².